The van der Waals surface area contributed by atoms with Crippen LogP contribution in [-0.4, -0.2) is 19.7 Å². The van der Waals surface area contributed by atoms with Gasteiger partial charge in [-0.15, -0.1) is 0 Å². The summed E-state index contributed by atoms with van der Waals surface area (Å²) in [4.78, 5) is 4.24. The second-order valence-corrected chi connectivity index (χ2v) is 4.44. The summed E-state index contributed by atoms with van der Waals surface area (Å²) in [5.74, 6) is 0.886. The van der Waals surface area contributed by atoms with Gasteiger partial charge in [-0.3, -0.25) is 5.10 Å². The van der Waals surface area contributed by atoms with E-state index in [9.17, 15) is 0 Å². The normalized spacial score (nSPS) is 11.0. The number of nitrogens with one attached hydrogen (secondary N) is 2. The summed E-state index contributed by atoms with van der Waals surface area (Å²) in [7, 11) is 1.89. The van der Waals surface area contributed by atoms with E-state index in [2.05, 4.69) is 20.5 Å². The first-order chi connectivity index (χ1) is 8.75. The number of aromatic nitrogens is 4. The van der Waals surface area contributed by atoms with Crippen molar-refractivity contribution >= 4 is 28.2 Å². The van der Waals surface area contributed by atoms with Gasteiger partial charge in [0, 0.05) is 12.4 Å². The van der Waals surface area contributed by atoms with E-state index in [0.717, 1.165) is 22.4 Å². The molecular weight excluding hydrogens is 250 g/mol. The zero-order valence-electron chi connectivity index (χ0n) is 9.81. The molecule has 0 saturated carbocycles. The first-order valence-corrected chi connectivity index (χ1v) is 5.95. The van der Waals surface area contributed by atoms with Gasteiger partial charge in [-0.25, -0.2) is 4.98 Å². The van der Waals surface area contributed by atoms with Gasteiger partial charge in [0.1, 0.15) is 11.0 Å². The standard InChI is InChI=1S/C12H12ClN5/c1-18-10(13)6-15-11(18)7-14-9-4-2-3-8-5-16-17-12(8)9/h2-6,14H,7H2,1H3,(H,16,17). The van der Waals surface area contributed by atoms with E-state index in [-0.39, 0.29) is 0 Å². The van der Waals surface area contributed by atoms with Crippen molar-refractivity contribution in [1.82, 2.24) is 19.7 Å². The number of hydrogen-bond acceptors (Lipinski definition) is 3. The highest BCUT2D eigenvalue weighted by atomic mass is 35.5. The minimum absolute atomic E-state index is 0.612. The Hall–Kier alpha value is -2.01. The molecule has 1 aromatic carbocycles. The van der Waals surface area contributed by atoms with Crippen LogP contribution in [0.3, 0.4) is 0 Å². The number of imidazole rings is 1. The van der Waals surface area contributed by atoms with Crippen molar-refractivity contribution in [1.29, 1.82) is 0 Å². The number of nitrogens with zero attached hydrogens (tertiary/aromatic N) is 3. The maximum atomic E-state index is 5.95. The van der Waals surface area contributed by atoms with E-state index in [0.29, 0.717) is 11.7 Å². The van der Waals surface area contributed by atoms with E-state index < -0.39 is 0 Å². The Bertz CT molecular complexity index is 685. The van der Waals surface area contributed by atoms with Crippen LogP contribution in [0.4, 0.5) is 5.69 Å². The molecule has 2 N–H and O–H groups in total. The Balaban J connectivity index is 1.85. The molecule has 3 aromatic rings. The number of hydrogen-bond donors (Lipinski definition) is 2. The molecule has 0 atom stereocenters. The number of halogens is 1. The van der Waals surface area contributed by atoms with Crippen molar-refractivity contribution in [3.8, 4) is 0 Å². The third-order valence-corrected chi connectivity index (χ3v) is 3.29. The van der Waals surface area contributed by atoms with Crippen molar-refractivity contribution in [2.75, 3.05) is 5.32 Å². The smallest absolute Gasteiger partial charge is 0.128 e. The van der Waals surface area contributed by atoms with Crippen molar-refractivity contribution in [2.45, 2.75) is 6.54 Å². The van der Waals surface area contributed by atoms with Gasteiger partial charge in [0.2, 0.25) is 0 Å². The molecule has 2 heterocycles. The lowest BCUT2D eigenvalue weighted by Crippen LogP contribution is -2.06. The molecule has 92 valence electrons. The van der Waals surface area contributed by atoms with Crippen LogP contribution in [-0.2, 0) is 13.6 Å². The summed E-state index contributed by atoms with van der Waals surface area (Å²) in [5.41, 5.74) is 2.00. The van der Waals surface area contributed by atoms with Gasteiger partial charge in [0.25, 0.3) is 0 Å². The second kappa shape index (κ2) is 4.34. The quantitative estimate of drug-likeness (QED) is 0.762. The molecule has 0 unspecified atom stereocenters. The highest BCUT2D eigenvalue weighted by molar-refractivity contribution is 6.29. The Morgan fingerprint density at radius 1 is 1.39 bits per heavy atom. The Kier molecular flexibility index (Phi) is 2.68. The summed E-state index contributed by atoms with van der Waals surface area (Å²) < 4.78 is 1.85. The van der Waals surface area contributed by atoms with Crippen molar-refractivity contribution in [3.05, 3.63) is 41.6 Å². The molecule has 18 heavy (non-hydrogen) atoms. The molecule has 0 aliphatic carbocycles. The Labute approximate surface area is 109 Å². The lowest BCUT2D eigenvalue weighted by Gasteiger charge is -2.07. The van der Waals surface area contributed by atoms with Crippen LogP contribution in [0.2, 0.25) is 5.15 Å². The fourth-order valence-corrected chi connectivity index (χ4v) is 2.03. The average Bonchev–Trinajstić information content (AvgIpc) is 2.97. The molecule has 2 aromatic heterocycles. The zero-order chi connectivity index (χ0) is 12.5. The fraction of sp³-hybridized carbons (Fsp3) is 0.167. The van der Waals surface area contributed by atoms with Crippen LogP contribution < -0.4 is 5.32 Å². The molecule has 0 fully saturated rings. The molecule has 0 aliphatic heterocycles. The topological polar surface area (TPSA) is 58.5 Å². The third kappa shape index (κ3) is 1.82. The summed E-state index contributed by atoms with van der Waals surface area (Å²) in [5, 5.41) is 12.1. The molecule has 0 aliphatic rings. The second-order valence-electron chi connectivity index (χ2n) is 4.05. The maximum Gasteiger partial charge on any atom is 0.128 e. The van der Waals surface area contributed by atoms with Crippen LogP contribution in [0.1, 0.15) is 5.82 Å². The van der Waals surface area contributed by atoms with Crippen molar-refractivity contribution in [2.24, 2.45) is 7.05 Å². The highest BCUT2D eigenvalue weighted by Gasteiger charge is 2.06. The van der Waals surface area contributed by atoms with Gasteiger partial charge in [-0.2, -0.15) is 5.10 Å². The molecule has 0 spiro atoms. The van der Waals surface area contributed by atoms with Crippen LogP contribution >= 0.6 is 11.6 Å². The molecular formula is C12H12ClN5. The van der Waals surface area contributed by atoms with E-state index in [1.165, 1.54) is 0 Å². The van der Waals surface area contributed by atoms with Gasteiger partial charge in [-0.1, -0.05) is 23.7 Å². The summed E-state index contributed by atoms with van der Waals surface area (Å²) >= 11 is 5.95. The molecule has 0 amide bonds. The van der Waals surface area contributed by atoms with Crippen LogP contribution in [0.25, 0.3) is 10.9 Å². The number of rotatable bonds is 3. The van der Waals surface area contributed by atoms with Gasteiger partial charge in [-0.05, 0) is 6.07 Å². The SMILES string of the molecule is Cn1c(Cl)cnc1CNc1cccc2cn[nH]c12. The summed E-state index contributed by atoms with van der Waals surface area (Å²) in [6, 6.07) is 6.01. The molecule has 5 nitrogen and oxygen atoms in total. The van der Waals surface area contributed by atoms with Gasteiger partial charge in [0.15, 0.2) is 0 Å². The van der Waals surface area contributed by atoms with Gasteiger partial charge in [0.05, 0.1) is 30.1 Å². The van der Waals surface area contributed by atoms with Gasteiger partial charge < -0.3 is 9.88 Å². The average molecular weight is 262 g/mol. The van der Waals surface area contributed by atoms with Crippen molar-refractivity contribution < 1.29 is 0 Å². The van der Waals surface area contributed by atoms with Crippen LogP contribution in [0.15, 0.2) is 30.6 Å². The van der Waals surface area contributed by atoms with Crippen molar-refractivity contribution in [3.63, 3.8) is 0 Å². The molecule has 3 rings (SSSR count). The summed E-state index contributed by atoms with van der Waals surface area (Å²) in [6.07, 6.45) is 3.45. The monoisotopic (exact) mass is 261 g/mol. The number of benzene rings is 1. The predicted molar refractivity (Wildman–Crippen MR) is 71.6 cm³/mol. The third-order valence-electron chi connectivity index (χ3n) is 2.94. The van der Waals surface area contributed by atoms with E-state index in [1.54, 1.807) is 12.4 Å². The zero-order valence-corrected chi connectivity index (χ0v) is 10.6. The Morgan fingerprint density at radius 3 is 3.06 bits per heavy atom. The van der Waals surface area contributed by atoms with E-state index in [1.807, 2.05) is 29.8 Å². The van der Waals surface area contributed by atoms with Crippen LogP contribution in [0, 0.1) is 0 Å². The Morgan fingerprint density at radius 2 is 2.28 bits per heavy atom. The number of para-hydroxylation sites is 1. The molecule has 0 saturated heterocycles. The minimum Gasteiger partial charge on any atom is -0.376 e. The number of H-pyrrole nitrogens is 1. The fourth-order valence-electron chi connectivity index (χ4n) is 1.88. The lowest BCUT2D eigenvalue weighted by molar-refractivity contribution is 0.814. The summed E-state index contributed by atoms with van der Waals surface area (Å²) in [6.45, 7) is 0.612. The van der Waals surface area contributed by atoms with E-state index >= 15 is 0 Å². The first kappa shape index (κ1) is 11.1. The number of anilines is 1. The lowest BCUT2D eigenvalue weighted by atomic mass is 10.2. The number of fused-ring (bicyclic) bond motifs is 1. The first-order valence-electron chi connectivity index (χ1n) is 5.58. The maximum absolute atomic E-state index is 5.95. The van der Waals surface area contributed by atoms with Crippen LogP contribution in [0.5, 0.6) is 0 Å². The minimum atomic E-state index is 0.612. The number of aromatic amines is 1. The largest absolute Gasteiger partial charge is 0.376 e. The molecule has 6 heteroatoms. The highest BCUT2D eigenvalue weighted by Crippen LogP contribution is 2.21. The predicted octanol–water partition coefficient (Wildman–Crippen LogP) is 2.56. The molecule has 0 bridgehead atoms. The molecule has 0 radical (unpaired) electrons. The van der Waals surface area contributed by atoms with E-state index in [4.69, 9.17) is 11.6 Å². The van der Waals surface area contributed by atoms with Gasteiger partial charge >= 0.3 is 0 Å².